The van der Waals surface area contributed by atoms with Gasteiger partial charge in [0.1, 0.15) is 23.2 Å². The van der Waals surface area contributed by atoms with Crippen LogP contribution >= 0.6 is 11.6 Å². The maximum atomic E-state index is 12.4. The molecule has 1 amide bonds. The normalized spacial score (nSPS) is 10.9. The first-order valence-corrected chi connectivity index (χ1v) is 8.97. The average molecular weight is 438 g/mol. The summed E-state index contributed by atoms with van der Waals surface area (Å²) in [6.45, 7) is 0. The molecule has 10 heteroatoms. The summed E-state index contributed by atoms with van der Waals surface area (Å²) in [4.78, 5) is 33.7. The third kappa shape index (κ3) is 4.95. The summed E-state index contributed by atoms with van der Waals surface area (Å²) in [6.07, 6.45) is 1.21. The van der Waals surface area contributed by atoms with Crippen LogP contribution in [-0.2, 0) is 4.79 Å². The van der Waals surface area contributed by atoms with Gasteiger partial charge in [0, 0.05) is 29.5 Å². The first kappa shape index (κ1) is 21.3. The zero-order chi connectivity index (χ0) is 22.5. The van der Waals surface area contributed by atoms with Crippen molar-refractivity contribution in [2.75, 3.05) is 5.32 Å². The largest absolute Gasteiger partial charge is 0.478 e. The van der Waals surface area contributed by atoms with Gasteiger partial charge in [0.25, 0.3) is 11.6 Å². The van der Waals surface area contributed by atoms with Gasteiger partial charge < -0.3 is 14.8 Å². The number of nitrogens with one attached hydrogen (secondary N) is 1. The van der Waals surface area contributed by atoms with Crippen molar-refractivity contribution in [2.45, 2.75) is 0 Å². The van der Waals surface area contributed by atoms with E-state index >= 15 is 0 Å². The fraction of sp³-hybridized carbons (Fsp3) is 0. The highest BCUT2D eigenvalue weighted by atomic mass is 35.5. The first-order valence-electron chi connectivity index (χ1n) is 8.59. The third-order valence-electron chi connectivity index (χ3n) is 4.07. The van der Waals surface area contributed by atoms with Gasteiger partial charge in [-0.2, -0.15) is 5.26 Å². The third-order valence-corrected chi connectivity index (χ3v) is 4.39. The number of non-ortho nitro benzene ring substituents is 1. The van der Waals surface area contributed by atoms with Gasteiger partial charge in [0.15, 0.2) is 0 Å². The molecule has 0 aliphatic heterocycles. The van der Waals surface area contributed by atoms with Crippen molar-refractivity contribution in [3.8, 4) is 17.4 Å². The standard InChI is InChI=1S/C21H12ClN3O6/c22-18-10-15(25(29)30)4-6-17(18)19-7-5-16(31-19)9-13(11-23)20(26)24-14-3-1-2-12(8-14)21(27)28/h1-10H,(H,24,26)(H,27,28). The van der Waals surface area contributed by atoms with E-state index in [4.69, 9.17) is 21.1 Å². The molecule has 1 aromatic heterocycles. The van der Waals surface area contributed by atoms with E-state index in [1.54, 1.807) is 12.1 Å². The number of nitro benzene ring substituents is 1. The van der Waals surface area contributed by atoms with Crippen molar-refractivity contribution < 1.29 is 24.0 Å². The Kier molecular flexibility index (Phi) is 6.14. The summed E-state index contributed by atoms with van der Waals surface area (Å²) in [5, 5.41) is 31.7. The van der Waals surface area contributed by atoms with E-state index in [2.05, 4.69) is 5.32 Å². The van der Waals surface area contributed by atoms with Crippen LogP contribution in [0.25, 0.3) is 17.4 Å². The number of carboxylic acid groups (broad SMARTS) is 1. The number of carbonyl (C=O) groups is 2. The maximum Gasteiger partial charge on any atom is 0.335 e. The van der Waals surface area contributed by atoms with Crippen LogP contribution in [0.2, 0.25) is 5.02 Å². The van der Waals surface area contributed by atoms with Gasteiger partial charge in [-0.3, -0.25) is 14.9 Å². The molecule has 0 radical (unpaired) electrons. The van der Waals surface area contributed by atoms with E-state index in [0.29, 0.717) is 5.56 Å². The van der Waals surface area contributed by atoms with Crippen LogP contribution in [0.1, 0.15) is 16.1 Å². The second-order valence-corrected chi connectivity index (χ2v) is 6.54. The molecule has 0 atom stereocenters. The SMILES string of the molecule is N#CC(=Cc1ccc(-c2ccc([N+](=O)[O-])cc2Cl)o1)C(=O)Nc1cccc(C(=O)O)c1. The molecular weight excluding hydrogens is 426 g/mol. The number of hydrogen-bond donors (Lipinski definition) is 2. The molecule has 0 aliphatic carbocycles. The van der Waals surface area contributed by atoms with Crippen LogP contribution in [0, 0.1) is 21.4 Å². The Bertz CT molecular complexity index is 1270. The lowest BCUT2D eigenvalue weighted by Crippen LogP contribution is -2.13. The molecule has 0 saturated carbocycles. The van der Waals surface area contributed by atoms with Gasteiger partial charge in [-0.05, 0) is 36.4 Å². The van der Waals surface area contributed by atoms with E-state index in [1.807, 2.05) is 0 Å². The molecule has 154 valence electrons. The molecule has 3 aromatic rings. The Morgan fingerprint density at radius 2 is 1.97 bits per heavy atom. The van der Waals surface area contributed by atoms with Crippen LogP contribution in [0.15, 0.2) is 64.6 Å². The molecule has 2 aromatic carbocycles. The zero-order valence-electron chi connectivity index (χ0n) is 15.5. The number of hydrogen-bond acceptors (Lipinski definition) is 6. The van der Waals surface area contributed by atoms with Crippen LogP contribution in [0.4, 0.5) is 11.4 Å². The van der Waals surface area contributed by atoms with E-state index in [0.717, 1.165) is 0 Å². The van der Waals surface area contributed by atoms with Crippen LogP contribution in [0.3, 0.4) is 0 Å². The summed E-state index contributed by atoms with van der Waals surface area (Å²) in [5.74, 6) is -1.44. The summed E-state index contributed by atoms with van der Waals surface area (Å²) in [7, 11) is 0. The number of rotatable bonds is 6. The minimum Gasteiger partial charge on any atom is -0.478 e. The fourth-order valence-corrected chi connectivity index (χ4v) is 2.88. The summed E-state index contributed by atoms with van der Waals surface area (Å²) >= 11 is 6.09. The lowest BCUT2D eigenvalue weighted by atomic mass is 10.1. The van der Waals surface area contributed by atoms with Gasteiger partial charge >= 0.3 is 5.97 Å². The topological polar surface area (TPSA) is 146 Å². The highest BCUT2D eigenvalue weighted by molar-refractivity contribution is 6.33. The number of nitriles is 1. The molecule has 9 nitrogen and oxygen atoms in total. The van der Waals surface area contributed by atoms with Crippen LogP contribution in [-0.4, -0.2) is 21.9 Å². The predicted octanol–water partition coefficient (Wildman–Crippen LogP) is 4.75. The quantitative estimate of drug-likeness (QED) is 0.244. The number of benzene rings is 2. The summed E-state index contributed by atoms with van der Waals surface area (Å²) < 4.78 is 5.59. The number of anilines is 1. The van der Waals surface area contributed by atoms with Crippen LogP contribution < -0.4 is 5.32 Å². The summed E-state index contributed by atoms with van der Waals surface area (Å²) in [5.41, 5.74) is 0.146. The maximum absolute atomic E-state index is 12.4. The lowest BCUT2D eigenvalue weighted by molar-refractivity contribution is -0.384. The average Bonchev–Trinajstić information content (AvgIpc) is 3.20. The van der Waals surface area contributed by atoms with Crippen molar-refractivity contribution in [1.29, 1.82) is 5.26 Å². The highest BCUT2D eigenvalue weighted by Gasteiger charge is 2.15. The van der Waals surface area contributed by atoms with E-state index in [-0.39, 0.29) is 39.1 Å². The number of carboxylic acids is 1. The van der Waals surface area contributed by atoms with Gasteiger partial charge in [-0.1, -0.05) is 17.7 Å². The number of carbonyl (C=O) groups excluding carboxylic acids is 1. The molecule has 0 aliphatic rings. The molecule has 1 heterocycles. The molecular formula is C21H12ClN3O6. The fourth-order valence-electron chi connectivity index (χ4n) is 2.61. The molecule has 0 spiro atoms. The smallest absolute Gasteiger partial charge is 0.335 e. The molecule has 0 unspecified atom stereocenters. The number of aromatic carboxylic acids is 1. The minimum atomic E-state index is -1.15. The van der Waals surface area contributed by atoms with E-state index in [9.17, 15) is 25.0 Å². The van der Waals surface area contributed by atoms with Crippen molar-refractivity contribution >= 4 is 40.9 Å². The monoisotopic (exact) mass is 437 g/mol. The highest BCUT2D eigenvalue weighted by Crippen LogP contribution is 2.32. The summed E-state index contributed by atoms with van der Waals surface area (Å²) in [6, 6.07) is 14.3. The molecule has 0 saturated heterocycles. The number of furan rings is 1. The van der Waals surface area contributed by atoms with Gasteiger partial charge in [-0.25, -0.2) is 4.79 Å². The Balaban J connectivity index is 1.82. The molecule has 31 heavy (non-hydrogen) atoms. The van der Waals surface area contributed by atoms with Crippen molar-refractivity contribution in [3.05, 3.63) is 86.6 Å². The zero-order valence-corrected chi connectivity index (χ0v) is 16.3. The van der Waals surface area contributed by atoms with E-state index < -0.39 is 16.8 Å². The Morgan fingerprint density at radius 1 is 1.19 bits per heavy atom. The Morgan fingerprint density at radius 3 is 2.61 bits per heavy atom. The van der Waals surface area contributed by atoms with Gasteiger partial charge in [-0.15, -0.1) is 0 Å². The molecule has 2 N–H and O–H groups in total. The van der Waals surface area contributed by atoms with Crippen molar-refractivity contribution in [3.63, 3.8) is 0 Å². The Hall–Kier alpha value is -4.42. The Labute approximate surface area is 179 Å². The van der Waals surface area contributed by atoms with E-state index in [1.165, 1.54) is 54.6 Å². The van der Waals surface area contributed by atoms with Crippen molar-refractivity contribution in [2.24, 2.45) is 0 Å². The van der Waals surface area contributed by atoms with Gasteiger partial charge in [0.2, 0.25) is 0 Å². The van der Waals surface area contributed by atoms with Gasteiger partial charge in [0.05, 0.1) is 15.5 Å². The second-order valence-electron chi connectivity index (χ2n) is 6.13. The number of nitro groups is 1. The lowest BCUT2D eigenvalue weighted by Gasteiger charge is -2.05. The molecule has 0 bridgehead atoms. The minimum absolute atomic E-state index is 0.0176. The first-order chi connectivity index (χ1) is 14.8. The number of halogens is 1. The second kappa shape index (κ2) is 8.94. The number of nitrogens with zero attached hydrogens (tertiary/aromatic N) is 2. The predicted molar refractivity (Wildman–Crippen MR) is 111 cm³/mol. The molecule has 3 rings (SSSR count). The van der Waals surface area contributed by atoms with Crippen LogP contribution in [0.5, 0.6) is 0 Å². The number of amides is 1. The van der Waals surface area contributed by atoms with Crippen molar-refractivity contribution in [1.82, 2.24) is 0 Å². The molecule has 0 fully saturated rings.